The third-order valence-electron chi connectivity index (χ3n) is 11.3. The van der Waals surface area contributed by atoms with E-state index in [0.29, 0.717) is 19.3 Å². The lowest BCUT2D eigenvalue weighted by Gasteiger charge is -2.39. The standard InChI is InChI=1S/C55H92O10/c1-3-5-7-9-11-13-15-17-19-21-22-23-24-25-26-28-29-31-33-35-37-39-41-43-50(57)62-46-48(47-63-55-54(61)53(60)52(59)49(45-56)65-55)64-51(58)44-42-40-38-36-34-32-30-27-20-18-16-14-12-10-8-6-4-2/h6,8,12,14-15,17-18,20-22,30,32,36,38,48-49,52-56,59-61H,3-5,7,9-11,13,16,19,23-29,31,33-35,37,39-47H2,1-2H3/b8-6-,14-12-,17-15-,20-18-,22-21-,32-30-,38-36-. The number of allylic oxidation sites excluding steroid dienone is 14. The zero-order valence-corrected chi connectivity index (χ0v) is 40.7. The van der Waals surface area contributed by atoms with E-state index >= 15 is 0 Å². The molecule has 372 valence electrons. The van der Waals surface area contributed by atoms with Gasteiger partial charge >= 0.3 is 11.9 Å². The van der Waals surface area contributed by atoms with Gasteiger partial charge in [0.1, 0.15) is 31.0 Å². The van der Waals surface area contributed by atoms with Gasteiger partial charge in [-0.1, -0.05) is 182 Å². The molecule has 1 saturated heterocycles. The summed E-state index contributed by atoms with van der Waals surface area (Å²) in [5, 5.41) is 40.2. The Kier molecular flexibility index (Phi) is 41.2. The van der Waals surface area contributed by atoms with E-state index in [9.17, 15) is 30.0 Å². The Bertz CT molecular complexity index is 1330. The fourth-order valence-corrected chi connectivity index (χ4v) is 7.25. The summed E-state index contributed by atoms with van der Waals surface area (Å²) in [6.07, 6.45) is 51.7. The Morgan fingerprint density at radius 3 is 1.42 bits per heavy atom. The van der Waals surface area contributed by atoms with Crippen LogP contribution in [0.15, 0.2) is 85.1 Å². The van der Waals surface area contributed by atoms with E-state index < -0.39 is 55.4 Å². The minimum atomic E-state index is -1.61. The van der Waals surface area contributed by atoms with Crippen LogP contribution in [0.3, 0.4) is 0 Å². The third kappa shape index (κ3) is 35.7. The van der Waals surface area contributed by atoms with Crippen molar-refractivity contribution >= 4 is 11.9 Å². The minimum Gasteiger partial charge on any atom is -0.462 e. The number of carbonyl (C=O) groups excluding carboxylic acids is 2. The molecule has 0 spiro atoms. The van der Waals surface area contributed by atoms with Gasteiger partial charge in [0.25, 0.3) is 0 Å². The molecule has 0 radical (unpaired) electrons. The number of aliphatic hydroxyl groups excluding tert-OH is 4. The van der Waals surface area contributed by atoms with E-state index in [0.717, 1.165) is 57.8 Å². The maximum absolute atomic E-state index is 12.8. The fraction of sp³-hybridized carbons (Fsp3) is 0.709. The van der Waals surface area contributed by atoms with Crippen molar-refractivity contribution in [1.29, 1.82) is 0 Å². The Hall–Kier alpha value is -3.12. The maximum Gasteiger partial charge on any atom is 0.306 e. The molecular weight excluding hydrogens is 821 g/mol. The number of ether oxygens (including phenoxy) is 4. The smallest absolute Gasteiger partial charge is 0.306 e. The molecule has 0 aromatic rings. The molecule has 4 N–H and O–H groups in total. The van der Waals surface area contributed by atoms with Crippen molar-refractivity contribution in [3.63, 3.8) is 0 Å². The molecule has 0 aromatic carbocycles. The van der Waals surface area contributed by atoms with Crippen molar-refractivity contribution in [2.75, 3.05) is 19.8 Å². The highest BCUT2D eigenvalue weighted by Gasteiger charge is 2.44. The SMILES string of the molecule is CC/C=C\C/C=C\C/C=C\C/C=C\C/C=C\CCCC(=O)OC(COC(=O)CCCCCCCCCCCCC/C=C\C/C=C\CCCCCCC)COC1OC(CO)C(O)C(O)C1O. The topological polar surface area (TPSA) is 152 Å². The van der Waals surface area contributed by atoms with Gasteiger partial charge in [-0.15, -0.1) is 0 Å². The Morgan fingerprint density at radius 1 is 0.492 bits per heavy atom. The molecule has 0 aromatic heterocycles. The summed E-state index contributed by atoms with van der Waals surface area (Å²) in [4.78, 5) is 25.4. The van der Waals surface area contributed by atoms with Crippen LogP contribution >= 0.6 is 0 Å². The number of aliphatic hydroxyl groups is 4. The molecule has 1 rings (SSSR count). The van der Waals surface area contributed by atoms with Crippen LogP contribution in [0.5, 0.6) is 0 Å². The van der Waals surface area contributed by atoms with Gasteiger partial charge in [0.05, 0.1) is 13.2 Å². The summed E-state index contributed by atoms with van der Waals surface area (Å²) in [6, 6.07) is 0. The van der Waals surface area contributed by atoms with Gasteiger partial charge in [0.15, 0.2) is 12.4 Å². The molecule has 65 heavy (non-hydrogen) atoms. The lowest BCUT2D eigenvalue weighted by molar-refractivity contribution is -0.305. The molecule has 10 nitrogen and oxygen atoms in total. The van der Waals surface area contributed by atoms with Crippen LogP contribution in [0.25, 0.3) is 0 Å². The van der Waals surface area contributed by atoms with E-state index in [1.165, 1.54) is 89.9 Å². The first-order valence-electron chi connectivity index (χ1n) is 25.7. The first kappa shape index (κ1) is 59.9. The second kappa shape index (κ2) is 44.7. The minimum absolute atomic E-state index is 0.147. The molecule has 1 aliphatic heterocycles. The average molecular weight is 913 g/mol. The Labute approximate surface area is 395 Å². The van der Waals surface area contributed by atoms with Crippen LogP contribution in [-0.4, -0.2) is 89.0 Å². The monoisotopic (exact) mass is 913 g/mol. The molecular formula is C55H92O10. The number of esters is 2. The predicted molar refractivity (Wildman–Crippen MR) is 265 cm³/mol. The number of unbranched alkanes of at least 4 members (excludes halogenated alkanes) is 17. The van der Waals surface area contributed by atoms with E-state index in [2.05, 4.69) is 92.8 Å². The normalized spacial score (nSPS) is 20.0. The van der Waals surface area contributed by atoms with Crippen LogP contribution in [-0.2, 0) is 28.5 Å². The summed E-state index contributed by atoms with van der Waals surface area (Å²) >= 11 is 0. The van der Waals surface area contributed by atoms with Crippen LogP contribution < -0.4 is 0 Å². The van der Waals surface area contributed by atoms with Gasteiger partial charge in [-0.2, -0.15) is 0 Å². The number of rotatable bonds is 42. The summed E-state index contributed by atoms with van der Waals surface area (Å²) in [5.41, 5.74) is 0. The number of hydrogen-bond donors (Lipinski definition) is 4. The van der Waals surface area contributed by atoms with Crippen molar-refractivity contribution in [3.05, 3.63) is 85.1 Å². The van der Waals surface area contributed by atoms with Crippen molar-refractivity contribution in [2.24, 2.45) is 0 Å². The molecule has 10 heteroatoms. The van der Waals surface area contributed by atoms with Crippen molar-refractivity contribution in [3.8, 4) is 0 Å². The summed E-state index contributed by atoms with van der Waals surface area (Å²) in [6.45, 7) is 3.24. The van der Waals surface area contributed by atoms with Gasteiger partial charge in [0, 0.05) is 12.8 Å². The third-order valence-corrected chi connectivity index (χ3v) is 11.3. The first-order valence-corrected chi connectivity index (χ1v) is 25.7. The van der Waals surface area contributed by atoms with Gasteiger partial charge in [0.2, 0.25) is 0 Å². The first-order chi connectivity index (χ1) is 31.8. The molecule has 1 fully saturated rings. The van der Waals surface area contributed by atoms with E-state index in [4.69, 9.17) is 18.9 Å². The quantitative estimate of drug-likeness (QED) is 0.0265. The molecule has 1 aliphatic rings. The summed E-state index contributed by atoms with van der Waals surface area (Å²) in [5.74, 6) is -0.880. The van der Waals surface area contributed by atoms with E-state index in [1.807, 2.05) is 6.08 Å². The zero-order valence-electron chi connectivity index (χ0n) is 40.7. The van der Waals surface area contributed by atoms with Crippen molar-refractivity contribution in [1.82, 2.24) is 0 Å². The molecule has 0 amide bonds. The highest BCUT2D eigenvalue weighted by Crippen LogP contribution is 2.22. The van der Waals surface area contributed by atoms with Crippen molar-refractivity contribution < 1.29 is 49.0 Å². The predicted octanol–water partition coefficient (Wildman–Crippen LogP) is 12.1. The summed E-state index contributed by atoms with van der Waals surface area (Å²) in [7, 11) is 0. The Morgan fingerprint density at radius 2 is 0.923 bits per heavy atom. The molecule has 0 aliphatic carbocycles. The second-order valence-corrected chi connectivity index (χ2v) is 17.2. The molecule has 6 unspecified atom stereocenters. The fourth-order valence-electron chi connectivity index (χ4n) is 7.25. The summed E-state index contributed by atoms with van der Waals surface area (Å²) < 4.78 is 22.2. The molecule has 1 heterocycles. The maximum atomic E-state index is 12.8. The van der Waals surface area contributed by atoms with E-state index in [1.54, 1.807) is 0 Å². The number of hydrogen-bond acceptors (Lipinski definition) is 10. The molecule has 6 atom stereocenters. The van der Waals surface area contributed by atoms with Gasteiger partial charge < -0.3 is 39.4 Å². The number of carbonyl (C=O) groups is 2. The molecule has 0 bridgehead atoms. The average Bonchev–Trinajstić information content (AvgIpc) is 3.30. The highest BCUT2D eigenvalue weighted by molar-refractivity contribution is 5.70. The van der Waals surface area contributed by atoms with Gasteiger partial charge in [-0.05, 0) is 83.5 Å². The highest BCUT2D eigenvalue weighted by atomic mass is 16.7. The van der Waals surface area contributed by atoms with Crippen LogP contribution in [0.4, 0.5) is 0 Å². The largest absolute Gasteiger partial charge is 0.462 e. The lowest BCUT2D eigenvalue weighted by atomic mass is 9.99. The van der Waals surface area contributed by atoms with Gasteiger partial charge in [-0.3, -0.25) is 9.59 Å². The second-order valence-electron chi connectivity index (χ2n) is 17.2. The Balaban J connectivity index is 2.29. The molecule has 0 saturated carbocycles. The van der Waals surface area contributed by atoms with Crippen LogP contribution in [0.1, 0.15) is 194 Å². The van der Waals surface area contributed by atoms with E-state index in [-0.39, 0.29) is 26.1 Å². The van der Waals surface area contributed by atoms with Crippen LogP contribution in [0.2, 0.25) is 0 Å². The van der Waals surface area contributed by atoms with Crippen molar-refractivity contribution in [2.45, 2.75) is 230 Å². The lowest BCUT2D eigenvalue weighted by Crippen LogP contribution is -2.59. The zero-order chi connectivity index (χ0) is 47.3. The van der Waals surface area contributed by atoms with Crippen LogP contribution in [0, 0.1) is 0 Å². The van der Waals surface area contributed by atoms with Gasteiger partial charge in [-0.25, -0.2) is 0 Å².